The highest BCUT2D eigenvalue weighted by Crippen LogP contribution is 2.55. The molecule has 28 heavy (non-hydrogen) atoms. The largest absolute Gasteiger partial charge is 0.349 e. The summed E-state index contributed by atoms with van der Waals surface area (Å²) in [7, 11) is 1.92. The Morgan fingerprint density at radius 2 is 1.96 bits per heavy atom. The van der Waals surface area contributed by atoms with Crippen LogP contribution in [-0.4, -0.2) is 39.4 Å². The summed E-state index contributed by atoms with van der Waals surface area (Å²) in [5.41, 5.74) is 0.653. The zero-order valence-corrected chi connectivity index (χ0v) is 17.3. The van der Waals surface area contributed by atoms with E-state index in [4.69, 9.17) is 0 Å². The Labute approximate surface area is 168 Å². The lowest BCUT2D eigenvalue weighted by molar-refractivity contribution is -0.131. The van der Waals surface area contributed by atoms with E-state index in [9.17, 15) is 9.59 Å². The molecule has 2 heterocycles. The average molecular weight is 401 g/mol. The molecule has 6 rings (SSSR count). The summed E-state index contributed by atoms with van der Waals surface area (Å²) in [4.78, 5) is 34.6. The second kappa shape index (κ2) is 6.66. The number of H-pyrrole nitrogens is 1. The predicted molar refractivity (Wildman–Crippen MR) is 110 cm³/mol. The Hall–Kier alpha value is -1.73. The van der Waals surface area contributed by atoms with Crippen LogP contribution in [-0.2, 0) is 11.3 Å². The molecule has 0 aliphatic heterocycles. The van der Waals surface area contributed by atoms with Gasteiger partial charge in [-0.2, -0.15) is 0 Å². The fourth-order valence-electron chi connectivity index (χ4n) is 6.20. The number of carbonyl (C=O) groups is 1. The van der Waals surface area contributed by atoms with Crippen LogP contribution in [0.25, 0.3) is 10.2 Å². The number of likely N-dealkylation sites (N-methyl/N-ethyl adjacent to an activating group) is 1. The van der Waals surface area contributed by atoms with Gasteiger partial charge in [-0.25, -0.2) is 4.98 Å². The fourth-order valence-corrected chi connectivity index (χ4v) is 6.92. The number of hydrogen-bond acceptors (Lipinski definition) is 5. The number of carbonyl (C=O) groups excluding carboxylic acids is 1. The molecule has 4 saturated carbocycles. The fraction of sp³-hybridized carbons (Fsp3) is 0.667. The summed E-state index contributed by atoms with van der Waals surface area (Å²) in [6.45, 7) is 2.38. The van der Waals surface area contributed by atoms with Crippen LogP contribution in [0.15, 0.2) is 16.2 Å². The Bertz CT molecular complexity index is 929. The van der Waals surface area contributed by atoms with Gasteiger partial charge in [0.25, 0.3) is 5.56 Å². The van der Waals surface area contributed by atoms with E-state index in [-0.39, 0.29) is 23.0 Å². The minimum atomic E-state index is -0.267. The topological polar surface area (TPSA) is 78.1 Å². The molecule has 1 amide bonds. The van der Waals surface area contributed by atoms with Crippen molar-refractivity contribution in [3.8, 4) is 0 Å². The monoisotopic (exact) mass is 400 g/mol. The molecule has 4 bridgehead atoms. The number of rotatable bonds is 5. The lowest BCUT2D eigenvalue weighted by Crippen LogP contribution is -2.62. The lowest BCUT2D eigenvalue weighted by Gasteiger charge is -2.57. The first kappa shape index (κ1) is 18.3. The van der Waals surface area contributed by atoms with E-state index in [0.717, 1.165) is 42.5 Å². The smallest absolute Gasteiger partial charge is 0.268 e. The van der Waals surface area contributed by atoms with E-state index in [1.165, 1.54) is 30.6 Å². The van der Waals surface area contributed by atoms with Crippen LogP contribution in [0.5, 0.6) is 0 Å². The van der Waals surface area contributed by atoms with Gasteiger partial charge in [-0.05, 0) is 81.7 Å². The molecule has 0 aromatic carbocycles. The van der Waals surface area contributed by atoms with Crippen molar-refractivity contribution in [3.05, 3.63) is 27.6 Å². The quantitative estimate of drug-likeness (QED) is 0.809. The van der Waals surface area contributed by atoms with Crippen LogP contribution in [0.1, 0.15) is 51.3 Å². The van der Waals surface area contributed by atoms with Crippen molar-refractivity contribution >= 4 is 27.5 Å². The van der Waals surface area contributed by atoms with Gasteiger partial charge in [0.15, 0.2) is 0 Å². The molecule has 1 unspecified atom stereocenters. The summed E-state index contributed by atoms with van der Waals surface area (Å²) in [6.07, 6.45) is 7.58. The summed E-state index contributed by atoms with van der Waals surface area (Å²) in [5.74, 6) is 3.14. The number of aromatic amines is 1. The molecule has 4 aliphatic rings. The normalized spacial score (nSPS) is 32.2. The van der Waals surface area contributed by atoms with Gasteiger partial charge < -0.3 is 10.3 Å². The number of thiophene rings is 1. The second-order valence-electron chi connectivity index (χ2n) is 9.43. The van der Waals surface area contributed by atoms with Crippen molar-refractivity contribution in [2.75, 3.05) is 7.05 Å². The molecule has 4 fully saturated rings. The number of nitrogens with one attached hydrogen (secondary N) is 2. The molecule has 0 saturated heterocycles. The molecule has 0 spiro atoms. The van der Waals surface area contributed by atoms with Crippen molar-refractivity contribution in [2.45, 2.75) is 63.6 Å². The van der Waals surface area contributed by atoms with Gasteiger partial charge in [-0.3, -0.25) is 14.5 Å². The second-order valence-corrected chi connectivity index (χ2v) is 10.3. The molecular formula is C21H28N4O2S. The van der Waals surface area contributed by atoms with Gasteiger partial charge in [0.2, 0.25) is 5.91 Å². The van der Waals surface area contributed by atoms with Crippen LogP contribution in [0, 0.1) is 17.8 Å². The molecule has 2 aromatic heterocycles. The summed E-state index contributed by atoms with van der Waals surface area (Å²) < 4.78 is 0.652. The standard InChI is InChI=1S/C21H28N4O2S/c1-12(25(2)11-17-22-16-3-4-28-18(16)20(27)23-17)19(26)24-21-8-13-5-14(9-21)7-15(6-13)10-21/h3-4,12-15H,5-11H2,1-2H3,(H,24,26)(H,22,23,27). The molecule has 4 aliphatic carbocycles. The van der Waals surface area contributed by atoms with Gasteiger partial charge in [0.1, 0.15) is 10.5 Å². The summed E-state index contributed by atoms with van der Waals surface area (Å²) in [6, 6.07) is 1.60. The van der Waals surface area contributed by atoms with E-state index < -0.39 is 0 Å². The lowest BCUT2D eigenvalue weighted by atomic mass is 9.53. The first-order chi connectivity index (χ1) is 13.4. The van der Waals surface area contributed by atoms with Gasteiger partial charge in [0, 0.05) is 5.54 Å². The van der Waals surface area contributed by atoms with Gasteiger partial charge in [-0.15, -0.1) is 11.3 Å². The third-order valence-corrected chi connectivity index (χ3v) is 8.13. The molecule has 0 radical (unpaired) electrons. The maximum Gasteiger partial charge on any atom is 0.268 e. The van der Waals surface area contributed by atoms with Crippen molar-refractivity contribution in [1.29, 1.82) is 0 Å². The predicted octanol–water partition coefficient (Wildman–Crippen LogP) is 2.89. The van der Waals surface area contributed by atoms with Crippen molar-refractivity contribution in [1.82, 2.24) is 20.2 Å². The molecular weight excluding hydrogens is 372 g/mol. The van der Waals surface area contributed by atoms with Gasteiger partial charge in [-0.1, -0.05) is 0 Å². The zero-order valence-electron chi connectivity index (χ0n) is 16.5. The SMILES string of the molecule is CC(C(=O)NC12CC3CC(CC(C3)C1)C2)N(C)Cc1nc2ccsc2c(=O)[nH]1. The number of nitrogens with zero attached hydrogens (tertiary/aromatic N) is 2. The zero-order chi connectivity index (χ0) is 19.5. The number of hydrogen-bond donors (Lipinski definition) is 2. The van der Waals surface area contributed by atoms with Crippen molar-refractivity contribution in [2.24, 2.45) is 17.8 Å². The summed E-state index contributed by atoms with van der Waals surface area (Å²) in [5, 5.41) is 5.33. The highest BCUT2D eigenvalue weighted by molar-refractivity contribution is 7.17. The van der Waals surface area contributed by atoms with Crippen molar-refractivity contribution < 1.29 is 4.79 Å². The van der Waals surface area contributed by atoms with E-state index in [0.29, 0.717) is 17.1 Å². The first-order valence-corrected chi connectivity index (χ1v) is 11.3. The third kappa shape index (κ3) is 3.18. The maximum absolute atomic E-state index is 13.1. The van der Waals surface area contributed by atoms with E-state index >= 15 is 0 Å². The Balaban J connectivity index is 1.27. The minimum Gasteiger partial charge on any atom is -0.349 e. The number of fused-ring (bicyclic) bond motifs is 1. The molecule has 7 heteroatoms. The van der Waals surface area contributed by atoms with Crippen LogP contribution in [0.3, 0.4) is 0 Å². The van der Waals surface area contributed by atoms with Crippen molar-refractivity contribution in [3.63, 3.8) is 0 Å². The summed E-state index contributed by atoms with van der Waals surface area (Å²) >= 11 is 1.40. The van der Waals surface area contributed by atoms with E-state index in [1.54, 1.807) is 0 Å². The van der Waals surface area contributed by atoms with Crippen LogP contribution >= 0.6 is 11.3 Å². The Morgan fingerprint density at radius 1 is 1.32 bits per heavy atom. The molecule has 2 aromatic rings. The van der Waals surface area contributed by atoms with Crippen LogP contribution < -0.4 is 10.9 Å². The highest BCUT2D eigenvalue weighted by atomic mass is 32.1. The third-order valence-electron chi connectivity index (χ3n) is 7.23. The molecule has 150 valence electrons. The highest BCUT2D eigenvalue weighted by Gasteiger charge is 2.51. The van der Waals surface area contributed by atoms with Gasteiger partial charge >= 0.3 is 0 Å². The van der Waals surface area contributed by atoms with Gasteiger partial charge in [0.05, 0.1) is 18.1 Å². The minimum absolute atomic E-state index is 0.0308. The Morgan fingerprint density at radius 3 is 2.61 bits per heavy atom. The van der Waals surface area contributed by atoms with Crippen LogP contribution in [0.4, 0.5) is 0 Å². The number of aromatic nitrogens is 2. The molecule has 2 N–H and O–H groups in total. The maximum atomic E-state index is 13.1. The average Bonchev–Trinajstić information content (AvgIpc) is 3.08. The number of amides is 1. The first-order valence-electron chi connectivity index (χ1n) is 10.4. The molecule has 1 atom stereocenters. The van der Waals surface area contributed by atoms with E-state index in [1.807, 2.05) is 30.3 Å². The van der Waals surface area contributed by atoms with Crippen LogP contribution in [0.2, 0.25) is 0 Å². The Kier molecular flexibility index (Phi) is 4.36. The molecule has 6 nitrogen and oxygen atoms in total. The van der Waals surface area contributed by atoms with E-state index in [2.05, 4.69) is 15.3 Å².